The molecule has 96 valence electrons. The van der Waals surface area contributed by atoms with Gasteiger partial charge in [-0.25, -0.2) is 0 Å². The van der Waals surface area contributed by atoms with Gasteiger partial charge in [0, 0.05) is 11.1 Å². The monoisotopic (exact) mass is 251 g/mol. The van der Waals surface area contributed by atoms with Gasteiger partial charge in [0.1, 0.15) is 5.76 Å². The van der Waals surface area contributed by atoms with Gasteiger partial charge in [0.15, 0.2) is 0 Å². The van der Waals surface area contributed by atoms with Crippen molar-refractivity contribution in [3.05, 3.63) is 78.7 Å². The number of allylic oxidation sites excluding steroid dienone is 3. The molecule has 1 heterocycles. The molecule has 0 amide bonds. The molecule has 0 radical (unpaired) electrons. The number of rotatable bonds is 5. The van der Waals surface area contributed by atoms with Crippen molar-refractivity contribution < 1.29 is 5.11 Å². The van der Waals surface area contributed by atoms with Gasteiger partial charge in [0.2, 0.25) is 0 Å². The van der Waals surface area contributed by atoms with E-state index in [0.29, 0.717) is 6.42 Å². The maximum atomic E-state index is 9.46. The summed E-state index contributed by atoms with van der Waals surface area (Å²) in [6.45, 7) is 7.19. The Bertz CT molecular complexity index is 641. The van der Waals surface area contributed by atoms with E-state index >= 15 is 0 Å². The predicted molar refractivity (Wildman–Crippen MR) is 80.1 cm³/mol. The fraction of sp³-hybridized carbons (Fsp3) is 0.118. The van der Waals surface area contributed by atoms with Crippen molar-refractivity contribution in [3.8, 4) is 0 Å². The van der Waals surface area contributed by atoms with E-state index in [9.17, 15) is 5.11 Å². The van der Waals surface area contributed by atoms with Crippen LogP contribution in [0.15, 0.2) is 73.0 Å². The van der Waals surface area contributed by atoms with Crippen molar-refractivity contribution in [2.45, 2.75) is 12.8 Å². The average Bonchev–Trinajstić information content (AvgIpc) is 2.43. The molecular weight excluding hydrogens is 234 g/mol. The summed E-state index contributed by atoms with van der Waals surface area (Å²) in [4.78, 5) is 4.60. The third-order valence-electron chi connectivity index (χ3n) is 3.00. The number of benzene rings is 1. The molecule has 0 aliphatic rings. The summed E-state index contributed by atoms with van der Waals surface area (Å²) >= 11 is 0. The number of para-hydroxylation sites is 1. The van der Waals surface area contributed by atoms with E-state index in [-0.39, 0.29) is 5.76 Å². The zero-order valence-electron chi connectivity index (χ0n) is 10.8. The predicted octanol–water partition coefficient (Wildman–Crippen LogP) is 4.35. The van der Waals surface area contributed by atoms with Crippen LogP contribution in [0.25, 0.3) is 10.9 Å². The van der Waals surface area contributed by atoms with Crippen LogP contribution in [0.4, 0.5) is 0 Å². The fourth-order valence-corrected chi connectivity index (χ4v) is 1.98. The van der Waals surface area contributed by atoms with Gasteiger partial charge in [0.25, 0.3) is 0 Å². The number of hydrogen-bond donors (Lipinski definition) is 1. The van der Waals surface area contributed by atoms with E-state index in [1.54, 1.807) is 12.2 Å². The van der Waals surface area contributed by atoms with Gasteiger partial charge < -0.3 is 5.11 Å². The lowest BCUT2D eigenvalue weighted by Crippen LogP contribution is -1.95. The lowest BCUT2D eigenvalue weighted by atomic mass is 10.1. The number of aliphatic hydroxyl groups excluding tert-OH is 1. The third kappa shape index (κ3) is 3.32. The summed E-state index contributed by atoms with van der Waals surface area (Å²) in [5.41, 5.74) is 2.80. The molecule has 1 aromatic heterocycles. The van der Waals surface area contributed by atoms with E-state index < -0.39 is 0 Å². The Kier molecular flexibility index (Phi) is 4.14. The molecule has 0 bridgehead atoms. The molecule has 0 aliphatic heterocycles. The normalized spacial score (nSPS) is 11.5. The molecule has 2 rings (SSSR count). The van der Waals surface area contributed by atoms with Gasteiger partial charge in [-0.05, 0) is 30.5 Å². The van der Waals surface area contributed by atoms with Crippen LogP contribution in [-0.4, -0.2) is 10.1 Å². The van der Waals surface area contributed by atoms with Crippen molar-refractivity contribution in [2.75, 3.05) is 0 Å². The van der Waals surface area contributed by atoms with Crippen LogP contribution >= 0.6 is 0 Å². The van der Waals surface area contributed by atoms with E-state index in [4.69, 9.17) is 0 Å². The molecule has 0 saturated carbocycles. The molecule has 1 aromatic carbocycles. The highest BCUT2D eigenvalue weighted by Gasteiger charge is 2.03. The van der Waals surface area contributed by atoms with Crippen molar-refractivity contribution in [2.24, 2.45) is 0 Å². The Morgan fingerprint density at radius 2 is 2.00 bits per heavy atom. The molecule has 2 nitrogen and oxygen atoms in total. The Balaban J connectivity index is 2.15. The van der Waals surface area contributed by atoms with Gasteiger partial charge in [-0.1, -0.05) is 49.6 Å². The standard InChI is InChI=1S/C17H17NO/c1-3-6-14(13(2)19)9-11-16-12-10-15-7-4-5-8-17(15)18-16/h3-8,10,12,19H,1-2,9,11H2/b14-6-. The quantitative estimate of drug-likeness (QED) is 0.633. The lowest BCUT2D eigenvalue weighted by Gasteiger charge is -2.06. The molecule has 19 heavy (non-hydrogen) atoms. The van der Waals surface area contributed by atoms with E-state index in [2.05, 4.69) is 24.2 Å². The maximum absolute atomic E-state index is 9.46. The number of nitrogens with zero attached hydrogens (tertiary/aromatic N) is 1. The smallest absolute Gasteiger partial charge is 0.111 e. The highest BCUT2D eigenvalue weighted by molar-refractivity contribution is 5.78. The first-order chi connectivity index (χ1) is 9.20. The Labute approximate surface area is 113 Å². The summed E-state index contributed by atoms with van der Waals surface area (Å²) < 4.78 is 0. The SMILES string of the molecule is C=C/C=C(/CCc1ccc2ccccc2n1)C(=C)O. The number of pyridine rings is 1. The second kappa shape index (κ2) is 6.01. The Morgan fingerprint density at radius 1 is 1.21 bits per heavy atom. The van der Waals surface area contributed by atoms with Crippen LogP contribution in [0.2, 0.25) is 0 Å². The number of fused-ring (bicyclic) bond motifs is 1. The molecule has 0 spiro atoms. The molecule has 0 aliphatic carbocycles. The first kappa shape index (κ1) is 13.1. The second-order valence-corrected chi connectivity index (χ2v) is 4.37. The molecular formula is C17H17NO. The molecule has 0 unspecified atom stereocenters. The summed E-state index contributed by atoms with van der Waals surface area (Å²) in [6, 6.07) is 12.1. The lowest BCUT2D eigenvalue weighted by molar-refractivity contribution is 0.421. The van der Waals surface area contributed by atoms with Gasteiger partial charge in [0.05, 0.1) is 5.52 Å². The van der Waals surface area contributed by atoms with Crippen LogP contribution in [0, 0.1) is 0 Å². The zero-order valence-corrected chi connectivity index (χ0v) is 10.8. The number of hydrogen-bond acceptors (Lipinski definition) is 2. The maximum Gasteiger partial charge on any atom is 0.111 e. The van der Waals surface area contributed by atoms with E-state index in [1.807, 2.05) is 30.3 Å². The Morgan fingerprint density at radius 3 is 2.74 bits per heavy atom. The van der Waals surface area contributed by atoms with Crippen LogP contribution in [-0.2, 0) is 6.42 Å². The summed E-state index contributed by atoms with van der Waals surface area (Å²) in [5.74, 6) is 0.0979. The number of aliphatic hydroxyl groups is 1. The minimum Gasteiger partial charge on any atom is -0.508 e. The van der Waals surface area contributed by atoms with E-state index in [0.717, 1.165) is 28.6 Å². The van der Waals surface area contributed by atoms with Crippen LogP contribution in [0.3, 0.4) is 0 Å². The summed E-state index contributed by atoms with van der Waals surface area (Å²) in [7, 11) is 0. The van der Waals surface area contributed by atoms with Gasteiger partial charge in [-0.15, -0.1) is 0 Å². The van der Waals surface area contributed by atoms with Crippen molar-refractivity contribution in [3.63, 3.8) is 0 Å². The average molecular weight is 251 g/mol. The second-order valence-electron chi connectivity index (χ2n) is 4.37. The highest BCUT2D eigenvalue weighted by atomic mass is 16.3. The Hall–Kier alpha value is -2.35. The third-order valence-corrected chi connectivity index (χ3v) is 3.00. The summed E-state index contributed by atoms with van der Waals surface area (Å²) in [5, 5.41) is 10.6. The zero-order chi connectivity index (χ0) is 13.7. The molecule has 0 atom stereocenters. The topological polar surface area (TPSA) is 33.1 Å². The molecule has 2 heteroatoms. The number of aryl methyl sites for hydroxylation is 1. The van der Waals surface area contributed by atoms with Gasteiger partial charge in [-0.2, -0.15) is 0 Å². The molecule has 1 N–H and O–H groups in total. The summed E-state index contributed by atoms with van der Waals surface area (Å²) in [6.07, 6.45) is 4.91. The molecule has 0 saturated heterocycles. The largest absolute Gasteiger partial charge is 0.508 e. The highest BCUT2D eigenvalue weighted by Crippen LogP contribution is 2.16. The van der Waals surface area contributed by atoms with Crippen molar-refractivity contribution >= 4 is 10.9 Å². The van der Waals surface area contributed by atoms with Crippen molar-refractivity contribution in [1.82, 2.24) is 4.98 Å². The van der Waals surface area contributed by atoms with Crippen LogP contribution in [0.5, 0.6) is 0 Å². The van der Waals surface area contributed by atoms with E-state index in [1.165, 1.54) is 0 Å². The fourth-order valence-electron chi connectivity index (χ4n) is 1.98. The van der Waals surface area contributed by atoms with Crippen LogP contribution in [0.1, 0.15) is 12.1 Å². The molecule has 0 fully saturated rings. The van der Waals surface area contributed by atoms with Gasteiger partial charge in [-0.3, -0.25) is 4.98 Å². The van der Waals surface area contributed by atoms with Crippen molar-refractivity contribution in [1.29, 1.82) is 0 Å². The minimum atomic E-state index is 0.0979. The van der Waals surface area contributed by atoms with Crippen LogP contribution < -0.4 is 0 Å². The first-order valence-electron chi connectivity index (χ1n) is 6.25. The van der Waals surface area contributed by atoms with Gasteiger partial charge >= 0.3 is 0 Å². The first-order valence-corrected chi connectivity index (χ1v) is 6.25. The minimum absolute atomic E-state index is 0.0979. The molecule has 2 aromatic rings. The number of aromatic nitrogens is 1.